The summed E-state index contributed by atoms with van der Waals surface area (Å²) in [6.45, 7) is 16.8. The van der Waals surface area contributed by atoms with Gasteiger partial charge in [0.1, 0.15) is 22.7 Å². The highest BCUT2D eigenvalue weighted by atomic mass is 35.5. The van der Waals surface area contributed by atoms with Crippen molar-refractivity contribution in [2.75, 3.05) is 14.2 Å². The Hall–Kier alpha value is -4.48. The molecule has 370 valence electrons. The van der Waals surface area contributed by atoms with Crippen molar-refractivity contribution in [2.24, 2.45) is 23.2 Å². The van der Waals surface area contributed by atoms with Crippen molar-refractivity contribution in [1.29, 1.82) is 0 Å². The molecule has 69 heavy (non-hydrogen) atoms. The van der Waals surface area contributed by atoms with E-state index in [1.807, 2.05) is 126 Å². The Morgan fingerprint density at radius 1 is 0.594 bits per heavy atom. The standard InChI is InChI=1S/C28H33Cl2NO4.C27H31Cl2NO4/c1-16-24-23(17-7-9-18(29)10-8-17)21(20-12-11-19(34-6)15-22(20)30)13-14-28(24,5)25(32)31(16)26(33)35-27(2,3)4;1-15-23-21(25(31)30(15)26(32)34-27(2,3)4)13-12-20(19-11-10-18(33-5)14-22(19)29)24(23)16-6-8-17(28)9-7-16/h7-12,15-16,21,23-24H,13-14H2,1-6H3;6-11,14-15,20-21,23-24H,12-13H2,1-5H3/t16-,21+,23+,24+,28-;15-,20+,21+,23-,24+/m11/s1. The zero-order valence-corrected chi connectivity index (χ0v) is 44.3. The lowest BCUT2D eigenvalue weighted by Gasteiger charge is -2.46. The summed E-state index contributed by atoms with van der Waals surface area (Å²) in [5.41, 5.74) is 2.13. The van der Waals surface area contributed by atoms with E-state index >= 15 is 0 Å². The van der Waals surface area contributed by atoms with Gasteiger partial charge in [0.2, 0.25) is 11.8 Å². The maximum absolute atomic E-state index is 13.8. The first-order valence-electron chi connectivity index (χ1n) is 23.7. The Morgan fingerprint density at radius 2 is 1.03 bits per heavy atom. The number of imide groups is 2. The Bertz CT molecular complexity index is 2560. The molecule has 14 heteroatoms. The molecule has 10 atom stereocenters. The number of halogens is 4. The predicted molar refractivity (Wildman–Crippen MR) is 272 cm³/mol. The zero-order valence-electron chi connectivity index (χ0n) is 41.3. The van der Waals surface area contributed by atoms with E-state index in [0.29, 0.717) is 44.4 Å². The second kappa shape index (κ2) is 20.3. The molecule has 2 heterocycles. The molecule has 4 aromatic rings. The first-order valence-corrected chi connectivity index (χ1v) is 25.2. The number of hydrogen-bond donors (Lipinski definition) is 0. The summed E-state index contributed by atoms with van der Waals surface area (Å²) < 4.78 is 21.9. The molecular formula is C55H64Cl4N2O8. The maximum atomic E-state index is 13.8. The van der Waals surface area contributed by atoms with Crippen molar-refractivity contribution in [3.8, 4) is 11.5 Å². The summed E-state index contributed by atoms with van der Waals surface area (Å²) in [5.74, 6) is 0.699. The van der Waals surface area contributed by atoms with E-state index < -0.39 is 28.8 Å². The van der Waals surface area contributed by atoms with Crippen LogP contribution in [0.15, 0.2) is 84.9 Å². The topological polar surface area (TPSA) is 112 Å². The van der Waals surface area contributed by atoms with Crippen LogP contribution in [0.4, 0.5) is 9.59 Å². The minimum absolute atomic E-state index is 0.0201. The van der Waals surface area contributed by atoms with Crippen molar-refractivity contribution in [3.63, 3.8) is 0 Å². The van der Waals surface area contributed by atoms with E-state index in [9.17, 15) is 19.2 Å². The molecule has 4 amide bonds. The van der Waals surface area contributed by atoms with Gasteiger partial charge in [-0.2, -0.15) is 0 Å². The van der Waals surface area contributed by atoms with Gasteiger partial charge < -0.3 is 18.9 Å². The van der Waals surface area contributed by atoms with Crippen molar-refractivity contribution in [1.82, 2.24) is 9.80 Å². The van der Waals surface area contributed by atoms with Crippen LogP contribution in [-0.4, -0.2) is 71.3 Å². The molecule has 2 saturated carbocycles. The highest BCUT2D eigenvalue weighted by Crippen LogP contribution is 2.62. The minimum atomic E-state index is -0.698. The van der Waals surface area contributed by atoms with Gasteiger partial charge in [-0.1, -0.05) is 89.7 Å². The quantitative estimate of drug-likeness (QED) is 0.188. The van der Waals surface area contributed by atoms with Crippen molar-refractivity contribution in [3.05, 3.63) is 127 Å². The molecule has 0 bridgehead atoms. The largest absolute Gasteiger partial charge is 0.497 e. The Balaban J connectivity index is 0.000000204. The highest BCUT2D eigenvalue weighted by molar-refractivity contribution is 6.32. The fourth-order valence-corrected chi connectivity index (χ4v) is 12.7. The van der Waals surface area contributed by atoms with Gasteiger partial charge in [-0.3, -0.25) is 9.59 Å². The fourth-order valence-electron chi connectivity index (χ4n) is 11.8. The number of methoxy groups -OCH3 is 2. The number of benzene rings is 4. The highest BCUT2D eigenvalue weighted by Gasteiger charge is 2.63. The van der Waals surface area contributed by atoms with Crippen molar-refractivity contribution < 1.29 is 38.1 Å². The second-order valence-electron chi connectivity index (χ2n) is 21.2. The summed E-state index contributed by atoms with van der Waals surface area (Å²) in [7, 11) is 3.23. The van der Waals surface area contributed by atoms with Gasteiger partial charge in [0.15, 0.2) is 0 Å². The van der Waals surface area contributed by atoms with Crippen LogP contribution in [-0.2, 0) is 19.1 Å². The molecule has 2 aliphatic heterocycles. The van der Waals surface area contributed by atoms with Gasteiger partial charge >= 0.3 is 12.2 Å². The molecule has 10 nitrogen and oxygen atoms in total. The number of rotatable bonds is 6. The van der Waals surface area contributed by atoms with Crippen LogP contribution in [0.2, 0.25) is 20.1 Å². The van der Waals surface area contributed by atoms with Crippen LogP contribution in [0, 0.1) is 23.2 Å². The lowest BCUT2D eigenvalue weighted by atomic mass is 9.56. The van der Waals surface area contributed by atoms with Gasteiger partial charge in [-0.15, -0.1) is 0 Å². The van der Waals surface area contributed by atoms with E-state index in [1.165, 1.54) is 9.80 Å². The van der Waals surface area contributed by atoms with Crippen molar-refractivity contribution >= 4 is 70.4 Å². The van der Waals surface area contributed by atoms with E-state index in [0.717, 1.165) is 35.1 Å². The van der Waals surface area contributed by atoms with E-state index in [2.05, 4.69) is 0 Å². The minimum Gasteiger partial charge on any atom is -0.497 e. The molecule has 2 saturated heterocycles. The molecule has 4 aromatic carbocycles. The maximum Gasteiger partial charge on any atom is 0.417 e. The summed E-state index contributed by atoms with van der Waals surface area (Å²) >= 11 is 25.9. The average molecular weight is 1020 g/mol. The van der Waals surface area contributed by atoms with E-state index in [4.69, 9.17) is 65.4 Å². The number of carbonyl (C=O) groups is 4. The van der Waals surface area contributed by atoms with Gasteiger partial charge in [0.25, 0.3) is 0 Å². The molecule has 0 radical (unpaired) electrons. The summed E-state index contributed by atoms with van der Waals surface area (Å²) in [5, 5.41) is 2.58. The number of hydrogen-bond acceptors (Lipinski definition) is 8. The lowest BCUT2D eigenvalue weighted by molar-refractivity contribution is -0.137. The number of carbonyl (C=O) groups excluding carboxylic acids is 4. The van der Waals surface area contributed by atoms with Gasteiger partial charge in [-0.05, 0) is 181 Å². The third-order valence-corrected chi connectivity index (χ3v) is 15.8. The van der Waals surface area contributed by atoms with Crippen LogP contribution < -0.4 is 9.47 Å². The number of likely N-dealkylation sites (tertiary alicyclic amines) is 2. The Kier molecular flexibility index (Phi) is 15.4. The Morgan fingerprint density at radius 3 is 1.48 bits per heavy atom. The number of fused-ring (bicyclic) bond motifs is 2. The van der Waals surface area contributed by atoms with Crippen LogP contribution >= 0.6 is 46.4 Å². The summed E-state index contributed by atoms with van der Waals surface area (Å²) in [6, 6.07) is 26.5. The zero-order chi connectivity index (χ0) is 50.5. The van der Waals surface area contributed by atoms with Gasteiger partial charge in [0, 0.05) is 44.0 Å². The van der Waals surface area contributed by atoms with E-state index in [-0.39, 0.29) is 65.3 Å². The number of ether oxygens (including phenoxy) is 4. The van der Waals surface area contributed by atoms with Crippen molar-refractivity contribution in [2.45, 2.75) is 135 Å². The molecule has 8 rings (SSSR count). The smallest absolute Gasteiger partial charge is 0.417 e. The van der Waals surface area contributed by atoms with Gasteiger partial charge in [0.05, 0.1) is 19.6 Å². The summed E-state index contributed by atoms with van der Waals surface area (Å²) in [4.78, 5) is 56.1. The second-order valence-corrected chi connectivity index (χ2v) is 22.9. The van der Waals surface area contributed by atoms with Crippen LogP contribution in [0.25, 0.3) is 0 Å². The molecule has 4 aliphatic rings. The van der Waals surface area contributed by atoms with Crippen LogP contribution in [0.3, 0.4) is 0 Å². The monoisotopic (exact) mass is 1020 g/mol. The van der Waals surface area contributed by atoms with Crippen LogP contribution in [0.1, 0.15) is 134 Å². The first-order chi connectivity index (χ1) is 32.4. The average Bonchev–Trinajstić information content (AvgIpc) is 3.65. The molecule has 0 aromatic heterocycles. The molecular weight excluding hydrogens is 958 g/mol. The Labute approximate surface area is 427 Å². The van der Waals surface area contributed by atoms with Gasteiger partial charge in [-0.25, -0.2) is 19.4 Å². The summed E-state index contributed by atoms with van der Waals surface area (Å²) in [6.07, 6.45) is 1.71. The molecule has 0 spiro atoms. The van der Waals surface area contributed by atoms with Crippen LogP contribution in [0.5, 0.6) is 11.5 Å². The number of amides is 4. The molecule has 2 aliphatic carbocycles. The lowest BCUT2D eigenvalue weighted by Crippen LogP contribution is -2.43. The van der Waals surface area contributed by atoms with E-state index in [1.54, 1.807) is 35.0 Å². The normalized spacial score (nSPS) is 27.7. The third-order valence-electron chi connectivity index (χ3n) is 14.7. The molecule has 4 fully saturated rings. The molecule has 0 unspecified atom stereocenters. The predicted octanol–water partition coefficient (Wildman–Crippen LogP) is 14.5. The fraction of sp³-hybridized carbons (Fsp3) is 0.491. The molecule has 0 N–H and O–H groups in total. The number of nitrogens with zero attached hydrogens (tertiary/aromatic N) is 2. The third kappa shape index (κ3) is 10.6. The SMILES string of the molecule is COc1ccc([C@@H]2CC[C@@H]3C(=O)N(C(=O)OC(C)(C)C)[C@H](C)[C@H]3[C@H]2c2ccc(Cl)cc2)c(Cl)c1.COc1ccc([C@@H]2CC[C@@]3(C)C(=O)N(C(=O)OC(C)(C)C)[C@H](C)[C@H]3[C@H]2c2ccc(Cl)cc2)c(Cl)c1. The first kappa shape index (κ1) is 52.3.